The monoisotopic (exact) mass is 391 g/mol. The predicted octanol–water partition coefficient (Wildman–Crippen LogP) is 3.79. The minimum Gasteiger partial charge on any atom is -0.428 e. The Kier molecular flexibility index (Phi) is 7.99. The number of hydrogen-bond donors (Lipinski definition) is 6. The maximum Gasteiger partial charge on any atom is 0.319 e. The van der Waals surface area contributed by atoms with Crippen LogP contribution in [0.1, 0.15) is 48.0 Å². The normalized spacial score (nSPS) is 12.7. The molecule has 0 aliphatic carbocycles. The first kappa shape index (κ1) is 23.4. The van der Waals surface area contributed by atoms with E-state index in [-0.39, 0.29) is 11.8 Å². The van der Waals surface area contributed by atoms with Crippen LogP contribution in [0, 0.1) is 16.2 Å². The van der Waals surface area contributed by atoms with Crippen molar-refractivity contribution in [3.63, 3.8) is 0 Å². The van der Waals surface area contributed by atoms with Gasteiger partial charge in [-0.2, -0.15) is 0 Å². The van der Waals surface area contributed by atoms with E-state index in [0.717, 1.165) is 5.69 Å². The summed E-state index contributed by atoms with van der Waals surface area (Å²) in [5.41, 5.74) is 0.0592. The van der Waals surface area contributed by atoms with Gasteiger partial charge in [-0.15, -0.1) is 0 Å². The molecule has 28 heavy (non-hydrogen) atoms. The molecular formula is C20H33N5O3. The van der Waals surface area contributed by atoms with Crippen molar-refractivity contribution in [2.75, 3.05) is 17.2 Å². The molecule has 1 aromatic carbocycles. The number of hydrogen-bond acceptors (Lipinski definition) is 6. The number of ether oxygens (including phenoxy) is 1. The van der Waals surface area contributed by atoms with Crippen molar-refractivity contribution in [2.45, 2.75) is 59.6 Å². The molecule has 0 fully saturated rings. The fraction of sp³-hybridized carbons (Fsp3) is 0.550. The van der Waals surface area contributed by atoms with Gasteiger partial charge in [-0.25, -0.2) is 4.79 Å². The summed E-state index contributed by atoms with van der Waals surface area (Å²) in [7, 11) is 0. The lowest BCUT2D eigenvalue weighted by Crippen LogP contribution is -2.51. The molecule has 1 aromatic rings. The first-order valence-corrected chi connectivity index (χ1v) is 9.24. The van der Waals surface area contributed by atoms with Gasteiger partial charge in [0.05, 0.1) is 17.0 Å². The highest BCUT2D eigenvalue weighted by Gasteiger charge is 2.32. The third kappa shape index (κ3) is 8.39. The van der Waals surface area contributed by atoms with Crippen molar-refractivity contribution in [2.24, 2.45) is 5.41 Å². The zero-order valence-electron chi connectivity index (χ0n) is 17.6. The SMILES string of the molecule is CC(=N)OC(=N)[C@@H](NC(=O)Nc1ccccc1NCCC(C)(C)O)C(C)(C)C. The average molecular weight is 392 g/mol. The van der Waals surface area contributed by atoms with Crippen molar-refractivity contribution in [1.29, 1.82) is 10.8 Å². The van der Waals surface area contributed by atoms with Crippen LogP contribution in [0.4, 0.5) is 16.2 Å². The highest BCUT2D eigenvalue weighted by Crippen LogP contribution is 2.23. The number of carbonyl (C=O) groups excluding carboxylic acids is 1. The molecule has 0 spiro atoms. The molecule has 8 nitrogen and oxygen atoms in total. The third-order valence-corrected chi connectivity index (χ3v) is 3.89. The fourth-order valence-electron chi connectivity index (χ4n) is 2.44. The number of nitrogens with one attached hydrogen (secondary N) is 5. The van der Waals surface area contributed by atoms with Gasteiger partial charge in [0, 0.05) is 13.5 Å². The van der Waals surface area contributed by atoms with Crippen LogP contribution in [0.25, 0.3) is 0 Å². The topological polar surface area (TPSA) is 130 Å². The molecule has 0 radical (unpaired) electrons. The number of urea groups is 1. The van der Waals surface area contributed by atoms with Crippen LogP contribution in [0.5, 0.6) is 0 Å². The summed E-state index contributed by atoms with van der Waals surface area (Å²) in [4.78, 5) is 12.5. The Hall–Kier alpha value is -2.61. The summed E-state index contributed by atoms with van der Waals surface area (Å²) in [6.45, 7) is 11.1. The lowest BCUT2D eigenvalue weighted by atomic mass is 9.86. The van der Waals surface area contributed by atoms with Gasteiger partial charge < -0.3 is 25.8 Å². The van der Waals surface area contributed by atoms with Crippen LogP contribution in [0.15, 0.2) is 24.3 Å². The summed E-state index contributed by atoms with van der Waals surface area (Å²) in [5.74, 6) is -0.297. The molecule has 0 aromatic heterocycles. The van der Waals surface area contributed by atoms with E-state index >= 15 is 0 Å². The Morgan fingerprint density at radius 2 is 1.71 bits per heavy atom. The van der Waals surface area contributed by atoms with Crippen LogP contribution < -0.4 is 16.0 Å². The number of benzene rings is 1. The number of rotatable bonds is 7. The Morgan fingerprint density at radius 1 is 1.14 bits per heavy atom. The lowest BCUT2D eigenvalue weighted by Gasteiger charge is -2.31. The van der Waals surface area contributed by atoms with Gasteiger partial charge >= 0.3 is 6.03 Å². The van der Waals surface area contributed by atoms with Gasteiger partial charge in [0.25, 0.3) is 0 Å². The van der Waals surface area contributed by atoms with E-state index in [1.54, 1.807) is 19.9 Å². The van der Waals surface area contributed by atoms with Gasteiger partial charge in [-0.3, -0.25) is 10.8 Å². The zero-order chi connectivity index (χ0) is 21.5. The maximum atomic E-state index is 12.5. The van der Waals surface area contributed by atoms with Crippen molar-refractivity contribution < 1.29 is 14.6 Å². The van der Waals surface area contributed by atoms with E-state index in [4.69, 9.17) is 15.6 Å². The zero-order valence-corrected chi connectivity index (χ0v) is 17.6. The van der Waals surface area contributed by atoms with E-state index in [2.05, 4.69) is 16.0 Å². The smallest absolute Gasteiger partial charge is 0.319 e. The Balaban J connectivity index is 2.83. The molecule has 6 N–H and O–H groups in total. The van der Waals surface area contributed by atoms with E-state index in [1.807, 2.05) is 39.0 Å². The van der Waals surface area contributed by atoms with Crippen molar-refractivity contribution in [1.82, 2.24) is 5.32 Å². The lowest BCUT2D eigenvalue weighted by molar-refractivity contribution is 0.0749. The van der Waals surface area contributed by atoms with Gasteiger partial charge in [0.15, 0.2) is 5.90 Å². The Bertz CT molecular complexity index is 705. The number of carbonyl (C=O) groups is 1. The second-order valence-corrected chi connectivity index (χ2v) is 8.45. The predicted molar refractivity (Wildman–Crippen MR) is 113 cm³/mol. The molecular weight excluding hydrogens is 358 g/mol. The minimum absolute atomic E-state index is 0.109. The number of amides is 2. The standard InChI is InChI=1S/C20H33N5O3/c1-13(21)28-17(22)16(19(2,3)4)25-18(26)24-15-10-8-7-9-14(15)23-12-11-20(5,6)27/h7-10,16,21-23,27H,11-12H2,1-6H3,(H2,24,25,26)/t16-/m1/s1. The largest absolute Gasteiger partial charge is 0.428 e. The Labute approximate surface area is 167 Å². The molecule has 1 atom stereocenters. The van der Waals surface area contributed by atoms with Crippen LogP contribution in [0.3, 0.4) is 0 Å². The van der Waals surface area contributed by atoms with Crippen LogP contribution in [0.2, 0.25) is 0 Å². The summed E-state index contributed by atoms with van der Waals surface area (Å²) in [5, 5.41) is 34.0. The second kappa shape index (κ2) is 9.54. The molecule has 0 aliphatic rings. The van der Waals surface area contributed by atoms with Gasteiger partial charge in [0.2, 0.25) is 5.90 Å². The summed E-state index contributed by atoms with van der Waals surface area (Å²) in [6.07, 6.45) is 0.553. The molecule has 1 rings (SSSR count). The Morgan fingerprint density at radius 3 is 2.21 bits per heavy atom. The van der Waals surface area contributed by atoms with Gasteiger partial charge in [-0.05, 0) is 37.8 Å². The highest BCUT2D eigenvalue weighted by molar-refractivity contribution is 5.97. The summed E-state index contributed by atoms with van der Waals surface area (Å²) >= 11 is 0. The molecule has 2 amide bonds. The molecule has 0 aliphatic heterocycles. The molecule has 0 bridgehead atoms. The quantitative estimate of drug-likeness (QED) is 0.312. The van der Waals surface area contributed by atoms with Gasteiger partial charge in [-0.1, -0.05) is 32.9 Å². The van der Waals surface area contributed by atoms with E-state index in [0.29, 0.717) is 18.7 Å². The first-order valence-electron chi connectivity index (χ1n) is 9.24. The fourth-order valence-corrected chi connectivity index (χ4v) is 2.44. The second-order valence-electron chi connectivity index (χ2n) is 8.45. The minimum atomic E-state index is -0.778. The summed E-state index contributed by atoms with van der Waals surface area (Å²) in [6, 6.07) is 6.08. The number of aliphatic hydroxyl groups is 1. The van der Waals surface area contributed by atoms with E-state index < -0.39 is 23.1 Å². The molecule has 0 unspecified atom stereocenters. The maximum absolute atomic E-state index is 12.5. The van der Waals surface area contributed by atoms with E-state index in [9.17, 15) is 9.90 Å². The van der Waals surface area contributed by atoms with E-state index in [1.165, 1.54) is 6.92 Å². The number of anilines is 2. The van der Waals surface area contributed by atoms with Crippen LogP contribution in [-0.2, 0) is 4.74 Å². The third-order valence-electron chi connectivity index (χ3n) is 3.89. The number of para-hydroxylation sites is 2. The van der Waals surface area contributed by atoms with Crippen LogP contribution in [-0.4, -0.2) is 41.1 Å². The highest BCUT2D eigenvalue weighted by atomic mass is 16.5. The summed E-state index contributed by atoms with van der Waals surface area (Å²) < 4.78 is 5.09. The molecule has 8 heteroatoms. The molecule has 0 saturated heterocycles. The van der Waals surface area contributed by atoms with Gasteiger partial charge in [0.1, 0.15) is 6.04 Å². The van der Waals surface area contributed by atoms with Crippen molar-refractivity contribution in [3.05, 3.63) is 24.3 Å². The van der Waals surface area contributed by atoms with Crippen molar-refractivity contribution in [3.8, 4) is 0 Å². The van der Waals surface area contributed by atoms with Crippen LogP contribution >= 0.6 is 0 Å². The van der Waals surface area contributed by atoms with Crippen molar-refractivity contribution >= 4 is 29.2 Å². The molecule has 0 heterocycles. The molecule has 156 valence electrons. The molecule has 0 saturated carbocycles. The first-order chi connectivity index (χ1) is 12.8. The average Bonchev–Trinajstić information content (AvgIpc) is 2.51.